The third-order valence-electron chi connectivity index (χ3n) is 2.06. The summed E-state index contributed by atoms with van der Waals surface area (Å²) in [4.78, 5) is 13.2. The van der Waals surface area contributed by atoms with Crippen molar-refractivity contribution in [1.82, 2.24) is 0 Å². The lowest BCUT2D eigenvalue weighted by Crippen LogP contribution is -2.11. The monoisotopic (exact) mass is 168 g/mol. The van der Waals surface area contributed by atoms with Gasteiger partial charge in [0, 0.05) is 12.8 Å². The molecule has 0 aromatic heterocycles. The summed E-state index contributed by atoms with van der Waals surface area (Å²) in [5, 5.41) is 0. The first-order valence-corrected chi connectivity index (χ1v) is 4.40. The highest BCUT2D eigenvalue weighted by Gasteiger charge is 2.15. The molecular formula is C9H16N2O. The molecule has 3 nitrogen and oxygen atoms in total. The molecule has 68 valence electrons. The summed E-state index contributed by atoms with van der Waals surface area (Å²) in [5.74, 6) is 0.321. The van der Waals surface area contributed by atoms with E-state index in [0.717, 1.165) is 31.3 Å². The van der Waals surface area contributed by atoms with Gasteiger partial charge in [-0.3, -0.25) is 0 Å². The number of aldehydes is 1. The van der Waals surface area contributed by atoms with Gasteiger partial charge in [0.1, 0.15) is 6.29 Å². The normalized spacial score (nSPS) is 11.8. The molecule has 0 saturated carbocycles. The van der Waals surface area contributed by atoms with E-state index in [1.165, 1.54) is 0 Å². The molecule has 0 amide bonds. The lowest BCUT2D eigenvalue weighted by atomic mass is 9.98. The lowest BCUT2D eigenvalue weighted by Gasteiger charge is -2.01. The smallest absolute Gasteiger partial charge is 0.271 e. The van der Waals surface area contributed by atoms with E-state index in [2.05, 4.69) is 11.7 Å². The Morgan fingerprint density at radius 1 is 1.67 bits per heavy atom. The van der Waals surface area contributed by atoms with Gasteiger partial charge in [-0.15, -0.1) is 0 Å². The fraction of sp³-hybridized carbons (Fsp3) is 0.778. The standard InChI is InChI=1S/C9H16N2O/c1-3-8(2)9(11-10)6-4-5-7-12/h7-8H,3-6H2,1-2H3. The third kappa shape index (κ3) is 4.04. The van der Waals surface area contributed by atoms with Gasteiger partial charge in [0.25, 0.3) is 5.71 Å². The van der Waals surface area contributed by atoms with Crippen molar-refractivity contribution in [1.29, 1.82) is 0 Å². The Morgan fingerprint density at radius 3 is 2.75 bits per heavy atom. The van der Waals surface area contributed by atoms with Crippen molar-refractivity contribution in [3.63, 3.8) is 0 Å². The van der Waals surface area contributed by atoms with Crippen LogP contribution in [0.15, 0.2) is 0 Å². The summed E-state index contributed by atoms with van der Waals surface area (Å²) >= 11 is 0. The summed E-state index contributed by atoms with van der Waals surface area (Å²) in [7, 11) is 0. The quantitative estimate of drug-likeness (QED) is 0.197. The Bertz CT molecular complexity index is 183. The molecule has 0 heterocycles. The second-order valence-electron chi connectivity index (χ2n) is 2.96. The SMILES string of the molecule is CCC(C)C(CCCC=O)=[N+]=[N-]. The van der Waals surface area contributed by atoms with E-state index >= 15 is 0 Å². The fourth-order valence-corrected chi connectivity index (χ4v) is 0.997. The van der Waals surface area contributed by atoms with Crippen LogP contribution in [-0.2, 0) is 4.79 Å². The van der Waals surface area contributed by atoms with Crippen LogP contribution in [0.4, 0.5) is 0 Å². The summed E-state index contributed by atoms with van der Waals surface area (Å²) in [6.07, 6.45) is 3.93. The predicted molar refractivity (Wildman–Crippen MR) is 48.0 cm³/mol. The first-order valence-electron chi connectivity index (χ1n) is 4.40. The zero-order chi connectivity index (χ0) is 9.40. The largest absolute Gasteiger partial charge is 0.362 e. The van der Waals surface area contributed by atoms with Crippen molar-refractivity contribution in [2.45, 2.75) is 39.5 Å². The molecule has 1 atom stereocenters. The van der Waals surface area contributed by atoms with Crippen LogP contribution in [0.25, 0.3) is 5.53 Å². The van der Waals surface area contributed by atoms with Crippen LogP contribution >= 0.6 is 0 Å². The van der Waals surface area contributed by atoms with Gasteiger partial charge in [-0.2, -0.15) is 4.79 Å². The van der Waals surface area contributed by atoms with E-state index in [1.807, 2.05) is 6.92 Å². The molecule has 0 saturated heterocycles. The summed E-state index contributed by atoms with van der Waals surface area (Å²) in [5.41, 5.74) is 9.43. The van der Waals surface area contributed by atoms with Crippen molar-refractivity contribution < 1.29 is 9.58 Å². The molecule has 0 radical (unpaired) electrons. The molecule has 0 aliphatic rings. The molecule has 0 N–H and O–H groups in total. The Balaban J connectivity index is 3.85. The van der Waals surface area contributed by atoms with Gasteiger partial charge in [0.15, 0.2) is 0 Å². The zero-order valence-corrected chi connectivity index (χ0v) is 7.79. The number of nitrogens with zero attached hydrogens (tertiary/aromatic N) is 2. The molecular weight excluding hydrogens is 152 g/mol. The van der Waals surface area contributed by atoms with E-state index in [-0.39, 0.29) is 0 Å². The van der Waals surface area contributed by atoms with Crippen LogP contribution in [0, 0.1) is 5.92 Å². The van der Waals surface area contributed by atoms with Gasteiger partial charge in [-0.05, 0) is 12.8 Å². The molecule has 0 fully saturated rings. The van der Waals surface area contributed by atoms with Crippen LogP contribution < -0.4 is 0 Å². The second kappa shape index (κ2) is 6.74. The van der Waals surface area contributed by atoms with Crippen molar-refractivity contribution in [2.75, 3.05) is 0 Å². The Kier molecular flexibility index (Phi) is 6.21. The molecule has 0 rings (SSSR count). The van der Waals surface area contributed by atoms with Gasteiger partial charge in [0.2, 0.25) is 0 Å². The lowest BCUT2D eigenvalue weighted by molar-refractivity contribution is -0.107. The third-order valence-corrected chi connectivity index (χ3v) is 2.06. The van der Waals surface area contributed by atoms with Crippen LogP contribution in [-0.4, -0.2) is 16.8 Å². The van der Waals surface area contributed by atoms with Gasteiger partial charge in [-0.25, -0.2) is 0 Å². The van der Waals surface area contributed by atoms with Crippen LogP contribution in [0.5, 0.6) is 0 Å². The molecule has 0 aliphatic carbocycles. The maximum absolute atomic E-state index is 10.0. The molecule has 0 aromatic rings. The minimum absolute atomic E-state index is 0.321. The zero-order valence-electron chi connectivity index (χ0n) is 7.79. The minimum Gasteiger partial charge on any atom is -0.362 e. The van der Waals surface area contributed by atoms with E-state index in [9.17, 15) is 4.79 Å². The number of hydrogen-bond acceptors (Lipinski definition) is 1. The average Bonchev–Trinajstić information content (AvgIpc) is 2.11. The van der Waals surface area contributed by atoms with Crippen molar-refractivity contribution in [3.05, 3.63) is 5.53 Å². The maximum atomic E-state index is 10.0. The molecule has 3 heteroatoms. The molecule has 0 spiro atoms. The Morgan fingerprint density at radius 2 is 2.33 bits per heavy atom. The van der Waals surface area contributed by atoms with Crippen molar-refractivity contribution in [2.24, 2.45) is 5.92 Å². The predicted octanol–water partition coefficient (Wildman–Crippen LogP) is 2.07. The number of hydrogen-bond donors (Lipinski definition) is 0. The van der Waals surface area contributed by atoms with Crippen molar-refractivity contribution in [3.8, 4) is 0 Å². The maximum Gasteiger partial charge on any atom is 0.271 e. The highest BCUT2D eigenvalue weighted by molar-refractivity contribution is 5.81. The number of carbonyl (C=O) groups is 1. The molecule has 0 bridgehead atoms. The second-order valence-corrected chi connectivity index (χ2v) is 2.96. The molecule has 1 unspecified atom stereocenters. The first kappa shape index (κ1) is 11.1. The minimum atomic E-state index is 0.321. The highest BCUT2D eigenvalue weighted by Crippen LogP contribution is 2.07. The summed E-state index contributed by atoms with van der Waals surface area (Å²) in [6.45, 7) is 4.07. The van der Waals surface area contributed by atoms with Crippen molar-refractivity contribution >= 4 is 12.0 Å². The summed E-state index contributed by atoms with van der Waals surface area (Å²) in [6, 6.07) is 0. The van der Waals surface area contributed by atoms with Gasteiger partial charge >= 0.3 is 0 Å². The van der Waals surface area contributed by atoms with E-state index < -0.39 is 0 Å². The average molecular weight is 168 g/mol. The van der Waals surface area contributed by atoms with Crippen LogP contribution in [0.3, 0.4) is 0 Å². The van der Waals surface area contributed by atoms with E-state index in [0.29, 0.717) is 12.3 Å². The Labute approximate surface area is 73.4 Å². The number of rotatable bonds is 6. The van der Waals surface area contributed by atoms with E-state index in [1.54, 1.807) is 0 Å². The van der Waals surface area contributed by atoms with Gasteiger partial charge < -0.3 is 10.3 Å². The van der Waals surface area contributed by atoms with Crippen LogP contribution in [0.1, 0.15) is 39.5 Å². The molecule has 0 aliphatic heterocycles. The molecule has 0 aromatic carbocycles. The highest BCUT2D eigenvalue weighted by atomic mass is 16.1. The van der Waals surface area contributed by atoms with E-state index in [4.69, 9.17) is 5.53 Å². The number of carbonyl (C=O) groups excluding carboxylic acids is 1. The van der Waals surface area contributed by atoms with Crippen LogP contribution in [0.2, 0.25) is 0 Å². The summed E-state index contributed by atoms with van der Waals surface area (Å²) < 4.78 is 0. The topological polar surface area (TPSA) is 53.5 Å². The Hall–Kier alpha value is -0.950. The van der Waals surface area contributed by atoms with Gasteiger partial charge in [0.05, 0.1) is 5.92 Å². The number of unbranched alkanes of at least 4 members (excludes halogenated alkanes) is 1. The fourth-order valence-electron chi connectivity index (χ4n) is 0.997. The van der Waals surface area contributed by atoms with Gasteiger partial charge in [-0.1, -0.05) is 13.8 Å². The first-order chi connectivity index (χ1) is 5.76. The molecule has 12 heavy (non-hydrogen) atoms.